The number of ether oxygens (including phenoxy) is 3. The van der Waals surface area contributed by atoms with Gasteiger partial charge in [0, 0.05) is 36.3 Å². The second-order valence-electron chi connectivity index (χ2n) is 7.93. The number of halogens is 1. The van der Waals surface area contributed by atoms with Crippen molar-refractivity contribution in [3.8, 4) is 28.4 Å². The van der Waals surface area contributed by atoms with Gasteiger partial charge in [0.1, 0.15) is 17.2 Å². The largest absolute Gasteiger partial charge is 0.497 e. The standard InChI is InChI=1S/C25H29ClN4O4/c1-32-20-8-9-21(24(16-20)33-2)22-17-23(30(28-22)19-6-4-18(26)5-7-19)25(31)27-10-3-11-29-12-14-34-15-13-29/h4-9,16-17H,3,10-15H2,1-2H3,(H,27,31). The molecule has 2 aromatic carbocycles. The van der Waals surface area contributed by atoms with Gasteiger partial charge in [-0.1, -0.05) is 11.6 Å². The summed E-state index contributed by atoms with van der Waals surface area (Å²) in [4.78, 5) is 15.5. The van der Waals surface area contributed by atoms with Gasteiger partial charge in [0.2, 0.25) is 0 Å². The zero-order valence-corrected chi connectivity index (χ0v) is 20.2. The lowest BCUT2D eigenvalue weighted by Crippen LogP contribution is -2.38. The van der Waals surface area contributed by atoms with E-state index in [1.54, 1.807) is 43.2 Å². The summed E-state index contributed by atoms with van der Waals surface area (Å²) < 4.78 is 17.9. The minimum absolute atomic E-state index is 0.192. The predicted molar refractivity (Wildman–Crippen MR) is 131 cm³/mol. The summed E-state index contributed by atoms with van der Waals surface area (Å²) in [5, 5.41) is 8.39. The van der Waals surface area contributed by atoms with Crippen LogP contribution < -0.4 is 14.8 Å². The fraction of sp³-hybridized carbons (Fsp3) is 0.360. The van der Waals surface area contributed by atoms with Crippen LogP contribution in [0, 0.1) is 0 Å². The third-order valence-corrected chi connectivity index (χ3v) is 5.99. The van der Waals surface area contributed by atoms with Crippen molar-refractivity contribution in [3.05, 3.63) is 59.2 Å². The number of carbonyl (C=O) groups is 1. The third kappa shape index (κ3) is 5.70. The number of amides is 1. The van der Waals surface area contributed by atoms with E-state index in [1.165, 1.54) is 0 Å². The van der Waals surface area contributed by atoms with Crippen LogP contribution in [0.3, 0.4) is 0 Å². The topological polar surface area (TPSA) is 77.9 Å². The monoisotopic (exact) mass is 484 g/mol. The van der Waals surface area contributed by atoms with Gasteiger partial charge in [-0.3, -0.25) is 9.69 Å². The molecule has 0 radical (unpaired) electrons. The Morgan fingerprint density at radius 3 is 2.56 bits per heavy atom. The van der Waals surface area contributed by atoms with E-state index >= 15 is 0 Å². The van der Waals surface area contributed by atoms with E-state index in [0.717, 1.165) is 50.5 Å². The van der Waals surface area contributed by atoms with Gasteiger partial charge in [-0.15, -0.1) is 0 Å². The molecule has 180 valence electrons. The Morgan fingerprint density at radius 1 is 1.09 bits per heavy atom. The van der Waals surface area contributed by atoms with Crippen LogP contribution in [0.5, 0.6) is 11.5 Å². The number of rotatable bonds is 9. The molecular formula is C25H29ClN4O4. The number of nitrogens with one attached hydrogen (secondary N) is 1. The van der Waals surface area contributed by atoms with Gasteiger partial charge in [-0.05, 0) is 55.4 Å². The van der Waals surface area contributed by atoms with Crippen molar-refractivity contribution in [2.45, 2.75) is 6.42 Å². The number of benzene rings is 2. The van der Waals surface area contributed by atoms with Crippen LogP contribution in [-0.4, -0.2) is 74.2 Å². The summed E-state index contributed by atoms with van der Waals surface area (Å²) in [6.07, 6.45) is 0.861. The van der Waals surface area contributed by atoms with Gasteiger partial charge in [0.25, 0.3) is 5.91 Å². The van der Waals surface area contributed by atoms with Gasteiger partial charge in [-0.2, -0.15) is 5.10 Å². The van der Waals surface area contributed by atoms with Gasteiger partial charge < -0.3 is 19.5 Å². The number of carbonyl (C=O) groups excluding carboxylic acids is 1. The van der Waals surface area contributed by atoms with Gasteiger partial charge >= 0.3 is 0 Å². The number of hydrogen-bond acceptors (Lipinski definition) is 6. The highest BCUT2D eigenvalue weighted by molar-refractivity contribution is 6.30. The fourth-order valence-corrected chi connectivity index (χ4v) is 4.01. The Labute approximate surface area is 204 Å². The molecule has 3 aromatic rings. The zero-order valence-electron chi connectivity index (χ0n) is 19.4. The van der Waals surface area contributed by atoms with Crippen LogP contribution in [0.4, 0.5) is 0 Å². The second kappa shape index (κ2) is 11.4. The van der Waals surface area contributed by atoms with Gasteiger partial charge in [0.05, 0.1) is 38.8 Å². The molecule has 1 aromatic heterocycles. The minimum Gasteiger partial charge on any atom is -0.497 e. The first kappa shape index (κ1) is 24.1. The molecule has 0 spiro atoms. The van der Waals surface area contributed by atoms with Crippen LogP contribution in [0.1, 0.15) is 16.9 Å². The molecule has 1 N–H and O–H groups in total. The quantitative estimate of drug-likeness (QED) is 0.467. The highest BCUT2D eigenvalue weighted by atomic mass is 35.5. The smallest absolute Gasteiger partial charge is 0.270 e. The molecule has 1 aliphatic heterocycles. The number of aromatic nitrogens is 2. The Bertz CT molecular complexity index is 1110. The Balaban J connectivity index is 1.57. The average molecular weight is 485 g/mol. The Morgan fingerprint density at radius 2 is 1.85 bits per heavy atom. The molecule has 1 aliphatic rings. The van der Waals surface area contributed by atoms with Gasteiger partial charge in [0.15, 0.2) is 0 Å². The highest BCUT2D eigenvalue weighted by Crippen LogP contribution is 2.33. The fourth-order valence-electron chi connectivity index (χ4n) is 3.88. The van der Waals surface area contributed by atoms with E-state index in [1.807, 2.05) is 24.3 Å². The van der Waals surface area contributed by atoms with E-state index in [2.05, 4.69) is 10.2 Å². The summed E-state index contributed by atoms with van der Waals surface area (Å²) in [5.41, 5.74) is 2.55. The van der Waals surface area contributed by atoms with Crippen LogP contribution in [0.25, 0.3) is 16.9 Å². The van der Waals surface area contributed by atoms with Crippen molar-refractivity contribution >= 4 is 17.5 Å². The summed E-state index contributed by atoms with van der Waals surface area (Å²) in [7, 11) is 3.20. The molecule has 0 aliphatic carbocycles. The van der Waals surface area contributed by atoms with Crippen LogP contribution in [0.15, 0.2) is 48.5 Å². The molecule has 1 saturated heterocycles. The zero-order chi connectivity index (χ0) is 23.9. The number of hydrogen-bond donors (Lipinski definition) is 1. The third-order valence-electron chi connectivity index (χ3n) is 5.74. The maximum absolute atomic E-state index is 13.2. The summed E-state index contributed by atoms with van der Waals surface area (Å²) >= 11 is 6.07. The number of methoxy groups -OCH3 is 2. The average Bonchev–Trinajstić information content (AvgIpc) is 3.32. The second-order valence-corrected chi connectivity index (χ2v) is 8.37. The number of morpholine rings is 1. The molecule has 34 heavy (non-hydrogen) atoms. The van der Waals surface area contributed by atoms with Crippen molar-refractivity contribution in [3.63, 3.8) is 0 Å². The molecule has 1 fully saturated rings. The number of nitrogens with zero attached hydrogens (tertiary/aromatic N) is 3. The summed E-state index contributed by atoms with van der Waals surface area (Å²) in [6.45, 7) is 4.90. The molecule has 0 saturated carbocycles. The van der Waals surface area contributed by atoms with Gasteiger partial charge in [-0.25, -0.2) is 4.68 Å². The van der Waals surface area contributed by atoms with E-state index in [4.69, 9.17) is 30.9 Å². The Hall–Kier alpha value is -3.07. The first-order valence-corrected chi connectivity index (χ1v) is 11.6. The van der Waals surface area contributed by atoms with Crippen molar-refractivity contribution < 1.29 is 19.0 Å². The van der Waals surface area contributed by atoms with Crippen molar-refractivity contribution in [1.29, 1.82) is 0 Å². The van der Waals surface area contributed by atoms with E-state index in [0.29, 0.717) is 34.5 Å². The molecule has 0 unspecified atom stereocenters. The highest BCUT2D eigenvalue weighted by Gasteiger charge is 2.20. The van der Waals surface area contributed by atoms with E-state index in [-0.39, 0.29) is 5.91 Å². The molecule has 2 heterocycles. The maximum atomic E-state index is 13.2. The molecular weight excluding hydrogens is 456 g/mol. The minimum atomic E-state index is -0.192. The molecule has 8 nitrogen and oxygen atoms in total. The first-order valence-electron chi connectivity index (χ1n) is 11.3. The Kier molecular flexibility index (Phi) is 8.05. The summed E-state index contributed by atoms with van der Waals surface area (Å²) in [5.74, 6) is 1.09. The lowest BCUT2D eigenvalue weighted by molar-refractivity contribution is 0.0374. The van der Waals surface area contributed by atoms with Crippen LogP contribution >= 0.6 is 11.6 Å². The van der Waals surface area contributed by atoms with Crippen LogP contribution in [0.2, 0.25) is 5.02 Å². The first-order chi connectivity index (χ1) is 16.6. The maximum Gasteiger partial charge on any atom is 0.270 e. The molecule has 4 rings (SSSR count). The van der Waals surface area contributed by atoms with Crippen LogP contribution in [-0.2, 0) is 4.74 Å². The molecule has 0 atom stereocenters. The van der Waals surface area contributed by atoms with Crippen molar-refractivity contribution in [2.24, 2.45) is 0 Å². The van der Waals surface area contributed by atoms with Crippen molar-refractivity contribution in [1.82, 2.24) is 20.0 Å². The normalized spacial score (nSPS) is 14.1. The SMILES string of the molecule is COc1ccc(-c2cc(C(=O)NCCCN3CCOCC3)n(-c3ccc(Cl)cc3)n2)c(OC)c1. The predicted octanol–water partition coefficient (Wildman–Crippen LogP) is 3.66. The molecule has 0 bridgehead atoms. The molecule has 9 heteroatoms. The summed E-state index contributed by atoms with van der Waals surface area (Å²) in [6, 6.07) is 14.5. The lowest BCUT2D eigenvalue weighted by Gasteiger charge is -2.26. The van der Waals surface area contributed by atoms with Crippen molar-refractivity contribution in [2.75, 3.05) is 53.6 Å². The van der Waals surface area contributed by atoms with E-state index < -0.39 is 0 Å². The lowest BCUT2D eigenvalue weighted by atomic mass is 10.1. The van der Waals surface area contributed by atoms with E-state index in [9.17, 15) is 4.79 Å². The molecule has 1 amide bonds.